The monoisotopic (exact) mass is 264 g/mol. The van der Waals surface area contributed by atoms with Crippen molar-refractivity contribution in [3.8, 4) is 0 Å². The molecule has 0 amide bonds. The number of carbonyl (C=O) groups is 1. The van der Waals surface area contributed by atoms with Crippen LogP contribution in [0.4, 0.5) is 11.4 Å². The first kappa shape index (κ1) is 15.3. The van der Waals surface area contributed by atoms with Crippen LogP contribution >= 0.6 is 0 Å². The number of nitrogen functional groups attached to an aromatic ring is 1. The van der Waals surface area contributed by atoms with Gasteiger partial charge >= 0.3 is 5.97 Å². The molecule has 0 aliphatic heterocycles. The van der Waals surface area contributed by atoms with Crippen molar-refractivity contribution in [2.45, 2.75) is 33.3 Å². The number of nitrogens with two attached hydrogens (primary N) is 1. The Morgan fingerprint density at radius 2 is 1.95 bits per heavy atom. The van der Waals surface area contributed by atoms with Gasteiger partial charge in [0.15, 0.2) is 0 Å². The van der Waals surface area contributed by atoms with Crippen LogP contribution < -0.4 is 10.6 Å². The number of anilines is 2. The zero-order valence-corrected chi connectivity index (χ0v) is 12.4. The van der Waals surface area contributed by atoms with Crippen molar-refractivity contribution in [1.82, 2.24) is 0 Å². The van der Waals surface area contributed by atoms with Crippen LogP contribution in [0.5, 0.6) is 0 Å². The third kappa shape index (κ3) is 4.47. The van der Waals surface area contributed by atoms with Crippen LogP contribution in [-0.2, 0) is 4.74 Å². The van der Waals surface area contributed by atoms with Gasteiger partial charge < -0.3 is 15.4 Å². The Morgan fingerprint density at radius 1 is 1.32 bits per heavy atom. The maximum Gasteiger partial charge on any atom is 0.338 e. The minimum Gasteiger partial charge on any atom is -0.459 e. The molecule has 106 valence electrons. The molecule has 1 unspecified atom stereocenters. The molecule has 0 aromatic heterocycles. The van der Waals surface area contributed by atoms with Gasteiger partial charge in [0, 0.05) is 14.1 Å². The molecule has 1 aromatic rings. The van der Waals surface area contributed by atoms with Crippen LogP contribution in [0.3, 0.4) is 0 Å². The smallest absolute Gasteiger partial charge is 0.338 e. The van der Waals surface area contributed by atoms with Crippen molar-refractivity contribution in [1.29, 1.82) is 0 Å². The summed E-state index contributed by atoms with van der Waals surface area (Å²) >= 11 is 0. The number of ether oxygens (including phenoxy) is 1. The Morgan fingerprint density at radius 3 is 2.42 bits per heavy atom. The van der Waals surface area contributed by atoms with Crippen LogP contribution in [0.1, 0.15) is 37.6 Å². The third-order valence-corrected chi connectivity index (χ3v) is 2.86. The summed E-state index contributed by atoms with van der Waals surface area (Å²) < 4.78 is 5.39. The van der Waals surface area contributed by atoms with E-state index in [1.165, 1.54) is 0 Å². The summed E-state index contributed by atoms with van der Waals surface area (Å²) in [7, 11) is 3.82. The van der Waals surface area contributed by atoms with E-state index in [1.54, 1.807) is 12.1 Å². The molecular weight excluding hydrogens is 240 g/mol. The molecule has 19 heavy (non-hydrogen) atoms. The number of benzene rings is 1. The molecule has 1 rings (SSSR count). The molecule has 0 fully saturated rings. The van der Waals surface area contributed by atoms with Gasteiger partial charge in [-0.3, -0.25) is 0 Å². The Hall–Kier alpha value is -1.71. The molecule has 0 saturated carbocycles. The summed E-state index contributed by atoms with van der Waals surface area (Å²) in [5.74, 6) is 0.189. The lowest BCUT2D eigenvalue weighted by Gasteiger charge is -2.17. The van der Waals surface area contributed by atoms with E-state index in [0.717, 1.165) is 12.1 Å². The van der Waals surface area contributed by atoms with Gasteiger partial charge in [-0.1, -0.05) is 13.8 Å². The van der Waals surface area contributed by atoms with Gasteiger partial charge in [0.2, 0.25) is 0 Å². The highest BCUT2D eigenvalue weighted by atomic mass is 16.5. The van der Waals surface area contributed by atoms with Crippen molar-refractivity contribution < 1.29 is 9.53 Å². The van der Waals surface area contributed by atoms with Crippen LogP contribution in [0, 0.1) is 5.92 Å². The van der Waals surface area contributed by atoms with Gasteiger partial charge in [0.1, 0.15) is 0 Å². The quantitative estimate of drug-likeness (QED) is 0.656. The zero-order chi connectivity index (χ0) is 14.6. The molecule has 4 nitrogen and oxygen atoms in total. The van der Waals surface area contributed by atoms with E-state index in [-0.39, 0.29) is 12.1 Å². The second-order valence-corrected chi connectivity index (χ2v) is 5.51. The highest BCUT2D eigenvalue weighted by Crippen LogP contribution is 2.23. The number of esters is 1. The van der Waals surface area contributed by atoms with E-state index >= 15 is 0 Å². The van der Waals surface area contributed by atoms with Crippen molar-refractivity contribution in [2.75, 3.05) is 24.7 Å². The molecule has 2 N–H and O–H groups in total. The lowest BCUT2D eigenvalue weighted by molar-refractivity contribution is 0.0300. The van der Waals surface area contributed by atoms with Gasteiger partial charge in [-0.15, -0.1) is 0 Å². The fraction of sp³-hybridized carbons (Fsp3) is 0.533. The predicted octanol–water partition coefficient (Wildman–Crippen LogP) is 2.93. The standard InChI is InChI=1S/C15H24N2O2/c1-10(2)8-11(3)19-15(18)12-6-7-14(17(4)5)13(16)9-12/h6-7,9-11H,8,16H2,1-5H3. The highest BCUT2D eigenvalue weighted by molar-refractivity contribution is 5.92. The van der Waals surface area contributed by atoms with Crippen molar-refractivity contribution >= 4 is 17.3 Å². The van der Waals surface area contributed by atoms with Crippen molar-refractivity contribution in [3.63, 3.8) is 0 Å². The summed E-state index contributed by atoms with van der Waals surface area (Å²) in [6.45, 7) is 6.12. The molecule has 1 atom stereocenters. The summed E-state index contributed by atoms with van der Waals surface area (Å²) in [5, 5.41) is 0. The Balaban J connectivity index is 2.75. The molecule has 0 saturated heterocycles. The van der Waals surface area contributed by atoms with E-state index in [4.69, 9.17) is 10.5 Å². The summed E-state index contributed by atoms with van der Waals surface area (Å²) in [6, 6.07) is 5.24. The maximum absolute atomic E-state index is 12.0. The van der Waals surface area contributed by atoms with E-state index in [0.29, 0.717) is 17.2 Å². The van der Waals surface area contributed by atoms with Gasteiger partial charge in [-0.2, -0.15) is 0 Å². The van der Waals surface area contributed by atoms with Gasteiger partial charge in [0.05, 0.1) is 23.0 Å². The SMILES string of the molecule is CC(C)CC(C)OC(=O)c1ccc(N(C)C)c(N)c1. The number of nitrogens with zero attached hydrogens (tertiary/aromatic N) is 1. The van der Waals surface area contributed by atoms with E-state index in [2.05, 4.69) is 13.8 Å². The fourth-order valence-electron chi connectivity index (χ4n) is 2.05. The number of carbonyl (C=O) groups excluding carboxylic acids is 1. The van der Waals surface area contributed by atoms with Gasteiger partial charge in [-0.25, -0.2) is 4.79 Å². The minimum atomic E-state index is -0.315. The molecule has 4 heteroatoms. The molecule has 0 radical (unpaired) electrons. The molecule has 0 bridgehead atoms. The number of rotatable bonds is 5. The van der Waals surface area contributed by atoms with Crippen LogP contribution in [-0.4, -0.2) is 26.2 Å². The largest absolute Gasteiger partial charge is 0.459 e. The van der Waals surface area contributed by atoms with Crippen LogP contribution in [0.15, 0.2) is 18.2 Å². The second kappa shape index (κ2) is 6.45. The molecule has 0 spiro atoms. The second-order valence-electron chi connectivity index (χ2n) is 5.51. The van der Waals surface area contributed by atoms with Gasteiger partial charge in [-0.05, 0) is 37.5 Å². The first-order valence-electron chi connectivity index (χ1n) is 6.59. The first-order valence-corrected chi connectivity index (χ1v) is 6.59. The summed E-state index contributed by atoms with van der Waals surface area (Å²) in [6.07, 6.45) is 0.777. The Labute approximate surface area is 115 Å². The average Bonchev–Trinajstić information content (AvgIpc) is 2.26. The van der Waals surface area contributed by atoms with E-state index in [9.17, 15) is 4.79 Å². The highest BCUT2D eigenvalue weighted by Gasteiger charge is 2.14. The van der Waals surface area contributed by atoms with Gasteiger partial charge in [0.25, 0.3) is 0 Å². The number of hydrogen-bond acceptors (Lipinski definition) is 4. The lowest BCUT2D eigenvalue weighted by Crippen LogP contribution is -2.17. The molecule has 0 aliphatic rings. The van der Waals surface area contributed by atoms with Crippen LogP contribution in [0.2, 0.25) is 0 Å². The number of hydrogen-bond donors (Lipinski definition) is 1. The normalized spacial score (nSPS) is 12.3. The average molecular weight is 264 g/mol. The van der Waals surface area contributed by atoms with Crippen molar-refractivity contribution in [2.24, 2.45) is 5.92 Å². The Bertz CT molecular complexity index is 442. The Kier molecular flexibility index (Phi) is 5.21. The molecule has 1 aromatic carbocycles. The summed E-state index contributed by atoms with van der Waals surface area (Å²) in [4.78, 5) is 13.9. The van der Waals surface area contributed by atoms with Crippen LogP contribution in [0.25, 0.3) is 0 Å². The third-order valence-electron chi connectivity index (χ3n) is 2.86. The molecule has 0 heterocycles. The topological polar surface area (TPSA) is 55.6 Å². The molecule has 0 aliphatic carbocycles. The minimum absolute atomic E-state index is 0.0813. The van der Waals surface area contributed by atoms with E-state index in [1.807, 2.05) is 32.0 Å². The first-order chi connectivity index (χ1) is 8.81. The predicted molar refractivity (Wildman–Crippen MR) is 79.5 cm³/mol. The fourth-order valence-corrected chi connectivity index (χ4v) is 2.05. The van der Waals surface area contributed by atoms with E-state index < -0.39 is 0 Å². The maximum atomic E-state index is 12.0. The molecular formula is C15H24N2O2. The lowest BCUT2D eigenvalue weighted by atomic mass is 10.1. The summed E-state index contributed by atoms with van der Waals surface area (Å²) in [5.41, 5.74) is 7.90. The van der Waals surface area contributed by atoms with Crippen molar-refractivity contribution in [3.05, 3.63) is 23.8 Å². The zero-order valence-electron chi connectivity index (χ0n) is 12.4.